The average molecular weight is 177 g/mol. The summed E-state index contributed by atoms with van der Waals surface area (Å²) in [6, 6.07) is 6.32. The Morgan fingerprint density at radius 3 is 3.00 bits per heavy atom. The lowest BCUT2D eigenvalue weighted by Gasteiger charge is -2.08. The van der Waals surface area contributed by atoms with E-state index in [2.05, 4.69) is 18.3 Å². The minimum absolute atomic E-state index is 0.456. The molecule has 1 atom stereocenters. The van der Waals surface area contributed by atoms with Crippen LogP contribution in [0.5, 0.6) is 5.75 Å². The molecular formula is C11H15NO. The van der Waals surface area contributed by atoms with Crippen LogP contribution in [0.25, 0.3) is 0 Å². The van der Waals surface area contributed by atoms with E-state index in [0.717, 1.165) is 24.9 Å². The van der Waals surface area contributed by atoms with Crippen LogP contribution < -0.4 is 5.32 Å². The van der Waals surface area contributed by atoms with E-state index in [1.165, 1.54) is 5.56 Å². The van der Waals surface area contributed by atoms with Crippen molar-refractivity contribution in [3.63, 3.8) is 0 Å². The molecule has 0 saturated heterocycles. The van der Waals surface area contributed by atoms with Crippen molar-refractivity contribution >= 4 is 0 Å². The third-order valence-corrected chi connectivity index (χ3v) is 2.66. The van der Waals surface area contributed by atoms with Crippen molar-refractivity contribution in [2.24, 2.45) is 0 Å². The van der Waals surface area contributed by atoms with Gasteiger partial charge in [0.2, 0.25) is 0 Å². The van der Waals surface area contributed by atoms with Gasteiger partial charge in [0.05, 0.1) is 0 Å². The first-order chi connectivity index (χ1) is 6.31. The molecule has 1 aromatic rings. The molecule has 0 saturated carbocycles. The van der Waals surface area contributed by atoms with Crippen molar-refractivity contribution in [2.45, 2.75) is 25.8 Å². The van der Waals surface area contributed by atoms with Crippen LogP contribution in [-0.4, -0.2) is 17.7 Å². The lowest BCUT2D eigenvalue weighted by molar-refractivity contribution is 0.465. The highest BCUT2D eigenvalue weighted by atomic mass is 16.3. The molecule has 1 aromatic carbocycles. The SMILES string of the molecule is CCNC1Cc2cccc(O)c2C1. The van der Waals surface area contributed by atoms with Crippen LogP contribution in [-0.2, 0) is 12.8 Å². The van der Waals surface area contributed by atoms with E-state index in [1.807, 2.05) is 6.07 Å². The van der Waals surface area contributed by atoms with E-state index < -0.39 is 0 Å². The normalized spacial score (nSPS) is 20.2. The summed E-state index contributed by atoms with van der Waals surface area (Å²) >= 11 is 0. The number of hydrogen-bond acceptors (Lipinski definition) is 2. The van der Waals surface area contributed by atoms with Gasteiger partial charge in [0, 0.05) is 6.04 Å². The fourth-order valence-corrected chi connectivity index (χ4v) is 2.07. The van der Waals surface area contributed by atoms with Crippen LogP contribution in [0.2, 0.25) is 0 Å². The maximum Gasteiger partial charge on any atom is 0.119 e. The van der Waals surface area contributed by atoms with Crippen molar-refractivity contribution in [3.05, 3.63) is 29.3 Å². The zero-order chi connectivity index (χ0) is 9.26. The minimum Gasteiger partial charge on any atom is -0.508 e. The Morgan fingerprint density at radius 2 is 2.31 bits per heavy atom. The average Bonchev–Trinajstić information content (AvgIpc) is 2.49. The molecular weight excluding hydrogens is 162 g/mol. The molecule has 2 nitrogen and oxygen atoms in total. The molecule has 2 N–H and O–H groups in total. The van der Waals surface area contributed by atoms with Crippen molar-refractivity contribution in [3.8, 4) is 5.75 Å². The number of phenols is 1. The number of benzene rings is 1. The Balaban J connectivity index is 2.20. The van der Waals surface area contributed by atoms with E-state index in [0.29, 0.717) is 11.8 Å². The summed E-state index contributed by atoms with van der Waals surface area (Å²) in [6.07, 6.45) is 2.02. The summed E-state index contributed by atoms with van der Waals surface area (Å²) in [5.74, 6) is 0.456. The molecule has 0 aliphatic heterocycles. The largest absolute Gasteiger partial charge is 0.508 e. The Bertz CT molecular complexity index is 309. The van der Waals surface area contributed by atoms with E-state index in [4.69, 9.17) is 0 Å². The van der Waals surface area contributed by atoms with Gasteiger partial charge >= 0.3 is 0 Å². The molecule has 0 amide bonds. The third-order valence-electron chi connectivity index (χ3n) is 2.66. The fourth-order valence-electron chi connectivity index (χ4n) is 2.07. The highest BCUT2D eigenvalue weighted by Crippen LogP contribution is 2.29. The number of rotatable bonds is 2. The van der Waals surface area contributed by atoms with E-state index in [-0.39, 0.29) is 0 Å². The van der Waals surface area contributed by atoms with E-state index in [1.54, 1.807) is 6.07 Å². The Kier molecular flexibility index (Phi) is 2.23. The first-order valence-corrected chi connectivity index (χ1v) is 4.84. The third kappa shape index (κ3) is 1.54. The van der Waals surface area contributed by atoms with Crippen LogP contribution in [0.4, 0.5) is 0 Å². The molecule has 2 heteroatoms. The zero-order valence-electron chi connectivity index (χ0n) is 7.88. The number of nitrogens with one attached hydrogen (secondary N) is 1. The second-order valence-corrected chi connectivity index (χ2v) is 3.58. The molecule has 0 spiro atoms. The second kappa shape index (κ2) is 3.38. The standard InChI is InChI=1S/C11H15NO/c1-2-12-9-6-8-4-3-5-11(13)10(8)7-9/h3-5,9,12-13H,2,6-7H2,1H3. The number of phenolic OH excluding ortho intramolecular Hbond substituents is 1. The van der Waals surface area contributed by atoms with Crippen LogP contribution >= 0.6 is 0 Å². The number of fused-ring (bicyclic) bond motifs is 1. The summed E-state index contributed by atoms with van der Waals surface area (Å²) in [5.41, 5.74) is 2.43. The second-order valence-electron chi connectivity index (χ2n) is 3.58. The predicted molar refractivity (Wildman–Crippen MR) is 53.0 cm³/mol. The number of likely N-dealkylation sites (N-methyl/N-ethyl adjacent to an activating group) is 1. The monoisotopic (exact) mass is 177 g/mol. The molecule has 2 rings (SSSR count). The summed E-state index contributed by atoms with van der Waals surface area (Å²) in [6.45, 7) is 3.11. The summed E-state index contributed by atoms with van der Waals surface area (Å²) in [7, 11) is 0. The predicted octanol–water partition coefficient (Wildman–Crippen LogP) is 1.47. The van der Waals surface area contributed by atoms with Crippen molar-refractivity contribution < 1.29 is 5.11 Å². The van der Waals surface area contributed by atoms with Gasteiger partial charge in [-0.2, -0.15) is 0 Å². The quantitative estimate of drug-likeness (QED) is 0.717. The van der Waals surface area contributed by atoms with Crippen LogP contribution in [0.15, 0.2) is 18.2 Å². The summed E-state index contributed by atoms with van der Waals surface area (Å²) in [4.78, 5) is 0. The van der Waals surface area contributed by atoms with Crippen LogP contribution in [0.1, 0.15) is 18.1 Å². The number of aromatic hydroxyl groups is 1. The Hall–Kier alpha value is -1.02. The molecule has 0 bridgehead atoms. The fraction of sp³-hybridized carbons (Fsp3) is 0.455. The van der Waals surface area contributed by atoms with Gasteiger partial charge < -0.3 is 10.4 Å². The topological polar surface area (TPSA) is 32.3 Å². The van der Waals surface area contributed by atoms with Gasteiger partial charge in [0.1, 0.15) is 5.75 Å². The molecule has 0 heterocycles. The van der Waals surface area contributed by atoms with Crippen LogP contribution in [0, 0.1) is 0 Å². The lowest BCUT2D eigenvalue weighted by Crippen LogP contribution is -2.28. The van der Waals surface area contributed by atoms with E-state index >= 15 is 0 Å². The van der Waals surface area contributed by atoms with Gasteiger partial charge in [0.15, 0.2) is 0 Å². The summed E-state index contributed by atoms with van der Waals surface area (Å²) in [5, 5.41) is 13.0. The Labute approximate surface area is 78.6 Å². The highest BCUT2D eigenvalue weighted by molar-refractivity contribution is 5.43. The summed E-state index contributed by atoms with van der Waals surface area (Å²) < 4.78 is 0. The Morgan fingerprint density at radius 1 is 1.46 bits per heavy atom. The van der Waals surface area contributed by atoms with Gasteiger partial charge in [-0.05, 0) is 36.6 Å². The van der Waals surface area contributed by atoms with E-state index in [9.17, 15) is 5.11 Å². The van der Waals surface area contributed by atoms with Crippen molar-refractivity contribution in [2.75, 3.05) is 6.54 Å². The number of hydrogen-bond donors (Lipinski definition) is 2. The highest BCUT2D eigenvalue weighted by Gasteiger charge is 2.22. The maximum absolute atomic E-state index is 9.59. The molecule has 70 valence electrons. The van der Waals surface area contributed by atoms with Crippen LogP contribution in [0.3, 0.4) is 0 Å². The molecule has 0 aromatic heterocycles. The smallest absolute Gasteiger partial charge is 0.119 e. The lowest BCUT2D eigenvalue weighted by atomic mass is 10.1. The first kappa shape index (κ1) is 8.57. The van der Waals surface area contributed by atoms with Gasteiger partial charge in [-0.15, -0.1) is 0 Å². The molecule has 1 aliphatic rings. The molecule has 0 fully saturated rings. The minimum atomic E-state index is 0.456. The van der Waals surface area contributed by atoms with Gasteiger partial charge in [0.25, 0.3) is 0 Å². The van der Waals surface area contributed by atoms with Crippen molar-refractivity contribution in [1.29, 1.82) is 0 Å². The molecule has 0 radical (unpaired) electrons. The molecule has 13 heavy (non-hydrogen) atoms. The zero-order valence-corrected chi connectivity index (χ0v) is 7.88. The van der Waals surface area contributed by atoms with Gasteiger partial charge in [-0.25, -0.2) is 0 Å². The maximum atomic E-state index is 9.59. The van der Waals surface area contributed by atoms with Gasteiger partial charge in [-0.1, -0.05) is 19.1 Å². The molecule has 1 unspecified atom stereocenters. The molecule has 1 aliphatic carbocycles. The van der Waals surface area contributed by atoms with Crippen molar-refractivity contribution in [1.82, 2.24) is 5.32 Å². The van der Waals surface area contributed by atoms with Gasteiger partial charge in [-0.3, -0.25) is 0 Å². The first-order valence-electron chi connectivity index (χ1n) is 4.84.